The van der Waals surface area contributed by atoms with E-state index in [1.54, 1.807) is 0 Å². The largest absolute Gasteiger partial charge is 0.363 e. The van der Waals surface area contributed by atoms with Gasteiger partial charge in [-0.15, -0.1) is 0 Å². The maximum atomic E-state index is 11.6. The minimum atomic E-state index is -1.56. The molecule has 0 aromatic heterocycles. The molecular formula is C12H15N3O2. The van der Waals surface area contributed by atoms with Crippen molar-refractivity contribution in [1.82, 2.24) is 0 Å². The molecule has 90 valence electrons. The molecule has 2 unspecified atom stereocenters. The van der Waals surface area contributed by atoms with E-state index in [9.17, 15) is 9.90 Å². The molecule has 1 heterocycles. The average Bonchev–Trinajstić information content (AvgIpc) is 2.61. The number of carbonyl (C=O) groups excluding carboxylic acids is 1. The SMILES string of the molecule is CC1(O)Nc2c(ccc3c2CC(N)C3)NC1=O. The van der Waals surface area contributed by atoms with Crippen molar-refractivity contribution in [1.29, 1.82) is 0 Å². The number of nitrogens with one attached hydrogen (secondary N) is 2. The van der Waals surface area contributed by atoms with Crippen LogP contribution in [-0.2, 0) is 17.6 Å². The first-order valence-electron chi connectivity index (χ1n) is 5.70. The molecule has 0 spiro atoms. The molecule has 2 aliphatic rings. The van der Waals surface area contributed by atoms with E-state index in [0.717, 1.165) is 29.8 Å². The molecule has 0 saturated heterocycles. The molecule has 0 bridgehead atoms. The maximum absolute atomic E-state index is 11.6. The van der Waals surface area contributed by atoms with Gasteiger partial charge in [-0.1, -0.05) is 6.07 Å². The zero-order chi connectivity index (χ0) is 12.2. The van der Waals surface area contributed by atoms with Gasteiger partial charge < -0.3 is 21.5 Å². The summed E-state index contributed by atoms with van der Waals surface area (Å²) in [5.74, 6) is -0.438. The van der Waals surface area contributed by atoms with E-state index in [-0.39, 0.29) is 6.04 Å². The molecule has 1 aliphatic heterocycles. The number of hydrogen-bond donors (Lipinski definition) is 4. The number of benzene rings is 1. The van der Waals surface area contributed by atoms with E-state index >= 15 is 0 Å². The topological polar surface area (TPSA) is 87.4 Å². The Kier molecular flexibility index (Phi) is 1.99. The third-order valence-corrected chi connectivity index (χ3v) is 3.42. The Hall–Kier alpha value is -1.59. The van der Waals surface area contributed by atoms with Gasteiger partial charge in [0.2, 0.25) is 5.72 Å². The standard InChI is InChI=1S/C12H15N3O2/c1-12(17)11(16)14-9-3-2-6-4-7(13)5-8(6)10(9)15-12/h2-3,7,15,17H,4-5,13H2,1H3,(H,14,16). The van der Waals surface area contributed by atoms with Crippen LogP contribution >= 0.6 is 0 Å². The zero-order valence-corrected chi connectivity index (χ0v) is 9.58. The first kappa shape index (κ1) is 10.6. The van der Waals surface area contributed by atoms with Crippen LogP contribution in [0.2, 0.25) is 0 Å². The minimum absolute atomic E-state index is 0.126. The Bertz CT molecular complexity index is 511. The fourth-order valence-corrected chi connectivity index (χ4v) is 2.52. The second-order valence-electron chi connectivity index (χ2n) is 4.95. The van der Waals surface area contributed by atoms with E-state index in [1.165, 1.54) is 12.5 Å². The molecule has 5 heteroatoms. The number of hydrogen-bond acceptors (Lipinski definition) is 4. The van der Waals surface area contributed by atoms with Gasteiger partial charge in [-0.3, -0.25) is 4.79 Å². The van der Waals surface area contributed by atoms with Crippen molar-refractivity contribution >= 4 is 17.3 Å². The predicted molar refractivity (Wildman–Crippen MR) is 64.7 cm³/mol. The van der Waals surface area contributed by atoms with E-state index in [2.05, 4.69) is 10.6 Å². The van der Waals surface area contributed by atoms with Crippen molar-refractivity contribution in [2.75, 3.05) is 10.6 Å². The first-order valence-corrected chi connectivity index (χ1v) is 5.70. The monoisotopic (exact) mass is 233 g/mol. The van der Waals surface area contributed by atoms with Crippen LogP contribution in [0.5, 0.6) is 0 Å². The lowest BCUT2D eigenvalue weighted by atomic mass is 10.0. The summed E-state index contributed by atoms with van der Waals surface area (Å²) in [5, 5.41) is 15.5. The Morgan fingerprint density at radius 2 is 2.24 bits per heavy atom. The molecule has 3 rings (SSSR count). The van der Waals surface area contributed by atoms with Crippen LogP contribution < -0.4 is 16.4 Å². The summed E-state index contributed by atoms with van der Waals surface area (Å²) >= 11 is 0. The molecule has 1 aromatic carbocycles. The summed E-state index contributed by atoms with van der Waals surface area (Å²) in [6.07, 6.45) is 1.62. The Labute approximate surface area is 99.0 Å². The number of amides is 1. The summed E-state index contributed by atoms with van der Waals surface area (Å²) in [5.41, 5.74) is 8.19. The Balaban J connectivity index is 2.11. The molecule has 0 radical (unpaired) electrons. The molecule has 17 heavy (non-hydrogen) atoms. The summed E-state index contributed by atoms with van der Waals surface area (Å²) in [6.45, 7) is 1.44. The molecular weight excluding hydrogens is 218 g/mol. The van der Waals surface area contributed by atoms with Crippen molar-refractivity contribution in [3.63, 3.8) is 0 Å². The Morgan fingerprint density at radius 3 is 3.00 bits per heavy atom. The third-order valence-electron chi connectivity index (χ3n) is 3.42. The van der Waals surface area contributed by atoms with Crippen LogP contribution in [-0.4, -0.2) is 22.8 Å². The van der Waals surface area contributed by atoms with Gasteiger partial charge in [0, 0.05) is 6.04 Å². The number of carbonyl (C=O) groups is 1. The van der Waals surface area contributed by atoms with Crippen molar-refractivity contribution in [2.24, 2.45) is 5.73 Å². The van der Waals surface area contributed by atoms with Gasteiger partial charge in [0.15, 0.2) is 0 Å². The fourth-order valence-electron chi connectivity index (χ4n) is 2.52. The van der Waals surface area contributed by atoms with Gasteiger partial charge >= 0.3 is 0 Å². The quantitative estimate of drug-likeness (QED) is 0.515. The highest BCUT2D eigenvalue weighted by molar-refractivity contribution is 6.05. The highest BCUT2D eigenvalue weighted by atomic mass is 16.3. The van der Waals surface area contributed by atoms with Crippen LogP contribution in [0.4, 0.5) is 11.4 Å². The second-order valence-corrected chi connectivity index (χ2v) is 4.95. The van der Waals surface area contributed by atoms with Crippen molar-refractivity contribution in [3.05, 3.63) is 23.3 Å². The molecule has 2 atom stereocenters. The molecule has 5 nitrogen and oxygen atoms in total. The van der Waals surface area contributed by atoms with Gasteiger partial charge in [0.25, 0.3) is 5.91 Å². The number of aliphatic hydroxyl groups is 1. The molecule has 0 saturated carbocycles. The lowest BCUT2D eigenvalue weighted by Gasteiger charge is -2.32. The van der Waals surface area contributed by atoms with E-state index in [1.807, 2.05) is 12.1 Å². The molecule has 1 aliphatic carbocycles. The highest BCUT2D eigenvalue weighted by Gasteiger charge is 2.37. The average molecular weight is 233 g/mol. The van der Waals surface area contributed by atoms with Crippen LogP contribution in [0.3, 0.4) is 0 Å². The van der Waals surface area contributed by atoms with Gasteiger partial charge in [-0.2, -0.15) is 0 Å². The minimum Gasteiger partial charge on any atom is -0.363 e. The Morgan fingerprint density at radius 1 is 1.47 bits per heavy atom. The fraction of sp³-hybridized carbons (Fsp3) is 0.417. The summed E-state index contributed by atoms with van der Waals surface area (Å²) in [7, 11) is 0. The number of rotatable bonds is 0. The van der Waals surface area contributed by atoms with E-state index in [0.29, 0.717) is 0 Å². The van der Waals surface area contributed by atoms with Crippen molar-refractivity contribution < 1.29 is 9.90 Å². The number of nitrogens with two attached hydrogens (primary N) is 1. The number of fused-ring (bicyclic) bond motifs is 3. The summed E-state index contributed by atoms with van der Waals surface area (Å²) < 4.78 is 0. The van der Waals surface area contributed by atoms with Crippen molar-refractivity contribution in [3.8, 4) is 0 Å². The van der Waals surface area contributed by atoms with Crippen LogP contribution in [0.15, 0.2) is 12.1 Å². The van der Waals surface area contributed by atoms with Crippen molar-refractivity contribution in [2.45, 2.75) is 31.5 Å². The van der Waals surface area contributed by atoms with E-state index in [4.69, 9.17) is 5.73 Å². The number of anilines is 2. The zero-order valence-electron chi connectivity index (χ0n) is 9.58. The molecule has 1 amide bonds. The second kappa shape index (κ2) is 3.21. The van der Waals surface area contributed by atoms with Gasteiger partial charge in [-0.05, 0) is 37.0 Å². The van der Waals surface area contributed by atoms with Crippen LogP contribution in [0.1, 0.15) is 18.1 Å². The molecule has 0 fully saturated rings. The van der Waals surface area contributed by atoms with E-state index < -0.39 is 11.6 Å². The van der Waals surface area contributed by atoms with Gasteiger partial charge in [0.05, 0.1) is 11.4 Å². The summed E-state index contributed by atoms with van der Waals surface area (Å²) in [4.78, 5) is 11.6. The molecule has 1 aromatic rings. The predicted octanol–water partition coefficient (Wildman–Crippen LogP) is 0.185. The summed E-state index contributed by atoms with van der Waals surface area (Å²) in [6, 6.07) is 3.97. The van der Waals surface area contributed by atoms with Gasteiger partial charge in [-0.25, -0.2) is 0 Å². The lowest BCUT2D eigenvalue weighted by Crippen LogP contribution is -2.50. The van der Waals surface area contributed by atoms with Crippen LogP contribution in [0.25, 0.3) is 0 Å². The smallest absolute Gasteiger partial charge is 0.277 e. The molecule has 5 N–H and O–H groups in total. The van der Waals surface area contributed by atoms with Gasteiger partial charge in [0.1, 0.15) is 0 Å². The third kappa shape index (κ3) is 1.50. The highest BCUT2D eigenvalue weighted by Crippen LogP contribution is 2.38. The van der Waals surface area contributed by atoms with Crippen LogP contribution in [0, 0.1) is 0 Å². The maximum Gasteiger partial charge on any atom is 0.277 e. The first-order chi connectivity index (χ1) is 7.97. The normalized spacial score (nSPS) is 30.3. The lowest BCUT2D eigenvalue weighted by molar-refractivity contribution is -0.130.